The quantitative estimate of drug-likeness (QED) is 0.698. The summed E-state index contributed by atoms with van der Waals surface area (Å²) in [5.74, 6) is 0.926. The Kier molecular flexibility index (Phi) is 5.87. The van der Waals surface area contributed by atoms with E-state index in [1.54, 1.807) is 11.3 Å². The van der Waals surface area contributed by atoms with E-state index < -0.39 is 0 Å². The molecule has 1 aromatic carbocycles. The predicted molar refractivity (Wildman–Crippen MR) is 99.3 cm³/mol. The van der Waals surface area contributed by atoms with Crippen LogP contribution >= 0.6 is 11.3 Å². The van der Waals surface area contributed by atoms with Crippen LogP contribution in [0, 0.1) is 5.92 Å². The summed E-state index contributed by atoms with van der Waals surface area (Å²) in [6.07, 6.45) is 11.4. The third-order valence-corrected chi connectivity index (χ3v) is 5.55. The first kappa shape index (κ1) is 16.3. The third kappa shape index (κ3) is 4.93. The lowest BCUT2D eigenvalue weighted by Gasteiger charge is -2.22. The summed E-state index contributed by atoms with van der Waals surface area (Å²) in [6, 6.07) is 8.62. The molecule has 0 bridgehead atoms. The van der Waals surface area contributed by atoms with Crippen molar-refractivity contribution in [3.05, 3.63) is 53.7 Å². The topological polar surface area (TPSA) is 24.9 Å². The molecule has 1 saturated carbocycles. The van der Waals surface area contributed by atoms with Crippen LogP contribution < -0.4 is 5.32 Å². The molecule has 2 aromatic rings. The summed E-state index contributed by atoms with van der Waals surface area (Å²) in [5, 5.41) is 6.61. The minimum Gasteiger partial charge on any atom is -0.385 e. The van der Waals surface area contributed by atoms with E-state index in [1.165, 1.54) is 55.3 Å². The molecular formula is C20H26N2S. The third-order valence-electron chi connectivity index (χ3n) is 4.73. The number of aromatic nitrogens is 1. The molecule has 23 heavy (non-hydrogen) atoms. The largest absolute Gasteiger partial charge is 0.385 e. The van der Waals surface area contributed by atoms with Gasteiger partial charge in [-0.05, 0) is 30.4 Å². The minimum atomic E-state index is 0.850. The van der Waals surface area contributed by atoms with Gasteiger partial charge in [0.15, 0.2) is 0 Å². The fraction of sp³-hybridized carbons (Fsp3) is 0.450. The Bertz CT molecular complexity index is 612. The van der Waals surface area contributed by atoms with Crippen molar-refractivity contribution in [3.63, 3.8) is 0 Å². The van der Waals surface area contributed by atoms with Gasteiger partial charge in [0.25, 0.3) is 0 Å². The van der Waals surface area contributed by atoms with Gasteiger partial charge in [0, 0.05) is 29.4 Å². The van der Waals surface area contributed by atoms with Gasteiger partial charge in [0.1, 0.15) is 5.01 Å². The molecule has 1 N–H and O–H groups in total. The Morgan fingerprint density at radius 2 is 2.13 bits per heavy atom. The Morgan fingerprint density at radius 1 is 1.26 bits per heavy atom. The Hall–Kier alpha value is -1.61. The Morgan fingerprint density at radius 3 is 2.91 bits per heavy atom. The molecule has 0 amide bonds. The summed E-state index contributed by atoms with van der Waals surface area (Å²) in [7, 11) is 0. The van der Waals surface area contributed by atoms with Crippen molar-refractivity contribution in [1.82, 2.24) is 10.3 Å². The maximum Gasteiger partial charge on any atom is 0.123 e. The van der Waals surface area contributed by atoms with E-state index in [0.717, 1.165) is 23.9 Å². The van der Waals surface area contributed by atoms with Gasteiger partial charge in [0.05, 0.1) is 0 Å². The van der Waals surface area contributed by atoms with Gasteiger partial charge < -0.3 is 5.32 Å². The molecule has 0 atom stereocenters. The average molecular weight is 327 g/mol. The molecule has 3 heteroatoms. The molecule has 1 aromatic heterocycles. The highest BCUT2D eigenvalue weighted by molar-refractivity contribution is 7.13. The van der Waals surface area contributed by atoms with E-state index in [9.17, 15) is 0 Å². The Balaban J connectivity index is 1.46. The summed E-state index contributed by atoms with van der Waals surface area (Å²) >= 11 is 1.68. The van der Waals surface area contributed by atoms with Crippen LogP contribution in [0.5, 0.6) is 0 Å². The van der Waals surface area contributed by atoms with Crippen molar-refractivity contribution in [2.75, 3.05) is 0 Å². The van der Waals surface area contributed by atoms with Crippen LogP contribution in [-0.2, 0) is 6.54 Å². The normalized spacial score (nSPS) is 15.5. The van der Waals surface area contributed by atoms with Crippen LogP contribution in [0.2, 0.25) is 0 Å². The molecule has 0 aliphatic heterocycles. The number of nitrogens with one attached hydrogen (secondary N) is 1. The first-order valence-electron chi connectivity index (χ1n) is 8.72. The predicted octanol–water partition coefficient (Wildman–Crippen LogP) is 5.77. The smallest absolute Gasteiger partial charge is 0.123 e. The monoisotopic (exact) mass is 326 g/mol. The lowest BCUT2D eigenvalue weighted by molar-refractivity contribution is 0.337. The molecule has 0 spiro atoms. The summed E-state index contributed by atoms with van der Waals surface area (Å²) in [5.41, 5.74) is 3.67. The molecule has 122 valence electrons. The van der Waals surface area contributed by atoms with Gasteiger partial charge in [-0.2, -0.15) is 0 Å². The first-order valence-corrected chi connectivity index (χ1v) is 9.59. The zero-order valence-corrected chi connectivity index (χ0v) is 14.6. The molecule has 1 aliphatic carbocycles. The molecular weight excluding hydrogens is 300 g/mol. The van der Waals surface area contributed by atoms with E-state index in [2.05, 4.69) is 41.1 Å². The minimum absolute atomic E-state index is 0.850. The van der Waals surface area contributed by atoms with E-state index >= 15 is 0 Å². The highest BCUT2D eigenvalue weighted by Gasteiger charge is 2.13. The van der Waals surface area contributed by atoms with E-state index in [-0.39, 0.29) is 0 Å². The fourth-order valence-corrected chi connectivity index (χ4v) is 3.99. The standard InChI is InChI=1S/C20H26N2S/c1-16(10-11-17-6-3-2-4-7-17)22-15-18-8-5-9-19(14-18)20-21-12-13-23-20/h5,8-9,12-14,17,22H,1-4,6-7,10-11,15H2. The second-order valence-electron chi connectivity index (χ2n) is 6.54. The maximum absolute atomic E-state index is 4.38. The van der Waals surface area contributed by atoms with Crippen LogP contribution in [0.4, 0.5) is 0 Å². The molecule has 1 fully saturated rings. The Labute approximate surface area is 143 Å². The molecule has 3 rings (SSSR count). The number of rotatable bonds is 7. The van der Waals surface area contributed by atoms with Gasteiger partial charge in [-0.3, -0.25) is 0 Å². The molecule has 0 radical (unpaired) electrons. The van der Waals surface area contributed by atoms with Crippen molar-refractivity contribution in [3.8, 4) is 10.6 Å². The number of thiazole rings is 1. The van der Waals surface area contributed by atoms with Gasteiger partial charge in [-0.1, -0.05) is 56.9 Å². The van der Waals surface area contributed by atoms with Crippen LogP contribution in [0.1, 0.15) is 50.5 Å². The second kappa shape index (κ2) is 8.30. The second-order valence-corrected chi connectivity index (χ2v) is 7.43. The number of hydrogen-bond acceptors (Lipinski definition) is 3. The summed E-state index contributed by atoms with van der Waals surface area (Å²) < 4.78 is 0. The summed E-state index contributed by atoms with van der Waals surface area (Å²) in [4.78, 5) is 4.38. The lowest BCUT2D eigenvalue weighted by Crippen LogP contribution is -2.14. The highest BCUT2D eigenvalue weighted by atomic mass is 32.1. The molecule has 2 nitrogen and oxygen atoms in total. The molecule has 1 aliphatic rings. The van der Waals surface area contributed by atoms with Crippen molar-refractivity contribution >= 4 is 11.3 Å². The van der Waals surface area contributed by atoms with Crippen molar-refractivity contribution < 1.29 is 0 Å². The van der Waals surface area contributed by atoms with E-state index in [1.807, 2.05) is 11.6 Å². The van der Waals surface area contributed by atoms with Gasteiger partial charge in [0.2, 0.25) is 0 Å². The number of nitrogens with zero attached hydrogens (tertiary/aromatic N) is 1. The summed E-state index contributed by atoms with van der Waals surface area (Å²) in [6.45, 7) is 5.06. The van der Waals surface area contributed by atoms with Crippen molar-refractivity contribution in [2.45, 2.75) is 51.5 Å². The van der Waals surface area contributed by atoms with Crippen molar-refractivity contribution in [1.29, 1.82) is 0 Å². The maximum atomic E-state index is 4.38. The zero-order valence-electron chi connectivity index (χ0n) is 13.8. The van der Waals surface area contributed by atoms with E-state index in [4.69, 9.17) is 0 Å². The van der Waals surface area contributed by atoms with Gasteiger partial charge in [-0.25, -0.2) is 4.98 Å². The van der Waals surface area contributed by atoms with E-state index in [0.29, 0.717) is 0 Å². The molecule has 0 unspecified atom stereocenters. The fourth-order valence-electron chi connectivity index (χ4n) is 3.35. The van der Waals surface area contributed by atoms with Crippen LogP contribution in [0.3, 0.4) is 0 Å². The van der Waals surface area contributed by atoms with Crippen LogP contribution in [-0.4, -0.2) is 4.98 Å². The lowest BCUT2D eigenvalue weighted by atomic mass is 9.86. The number of hydrogen-bond donors (Lipinski definition) is 1. The SMILES string of the molecule is C=C(CCC1CCCCC1)NCc1cccc(-c2nccs2)c1. The zero-order chi connectivity index (χ0) is 15.9. The van der Waals surface area contributed by atoms with Gasteiger partial charge >= 0.3 is 0 Å². The number of benzene rings is 1. The van der Waals surface area contributed by atoms with Gasteiger partial charge in [-0.15, -0.1) is 11.3 Å². The highest BCUT2D eigenvalue weighted by Crippen LogP contribution is 2.28. The molecule has 1 heterocycles. The van der Waals surface area contributed by atoms with Crippen LogP contribution in [0.15, 0.2) is 48.1 Å². The van der Waals surface area contributed by atoms with Crippen LogP contribution in [0.25, 0.3) is 10.6 Å². The number of allylic oxidation sites excluding steroid dienone is 1. The first-order chi connectivity index (χ1) is 11.3. The average Bonchev–Trinajstić information content (AvgIpc) is 3.14. The van der Waals surface area contributed by atoms with Crippen molar-refractivity contribution in [2.24, 2.45) is 5.92 Å². The molecule has 0 saturated heterocycles.